The second-order valence-electron chi connectivity index (χ2n) is 4.43. The molecule has 1 heterocycles. The highest BCUT2D eigenvalue weighted by atomic mass is 35.5. The van der Waals surface area contributed by atoms with Gasteiger partial charge in [0, 0.05) is 22.6 Å². The normalized spacial score (nSPS) is 14.8. The standard InChI is InChI=1S/C14H17ClN2/c1-9(10(2)16-3)12-6-7-17-14-8-11(15)4-5-13(12)14/h4-10,16H,1-3H3. The molecule has 1 aromatic carbocycles. The minimum atomic E-state index is 0.427. The summed E-state index contributed by atoms with van der Waals surface area (Å²) in [6.07, 6.45) is 1.85. The summed E-state index contributed by atoms with van der Waals surface area (Å²) in [6, 6.07) is 8.41. The van der Waals surface area contributed by atoms with Gasteiger partial charge in [0.25, 0.3) is 0 Å². The van der Waals surface area contributed by atoms with Crippen LogP contribution in [-0.2, 0) is 0 Å². The predicted octanol–water partition coefficient (Wildman–Crippen LogP) is 3.60. The van der Waals surface area contributed by atoms with Crippen LogP contribution in [0, 0.1) is 0 Å². The molecular formula is C14H17ClN2. The maximum atomic E-state index is 5.99. The minimum Gasteiger partial charge on any atom is -0.317 e. The molecule has 3 heteroatoms. The monoisotopic (exact) mass is 248 g/mol. The molecular weight excluding hydrogens is 232 g/mol. The molecule has 0 fully saturated rings. The summed E-state index contributed by atoms with van der Waals surface area (Å²) in [5.74, 6) is 0.437. The van der Waals surface area contributed by atoms with Gasteiger partial charge in [0.1, 0.15) is 0 Å². The summed E-state index contributed by atoms with van der Waals surface area (Å²) >= 11 is 5.99. The third kappa shape index (κ3) is 2.43. The minimum absolute atomic E-state index is 0.427. The van der Waals surface area contributed by atoms with E-state index in [2.05, 4.69) is 36.3 Å². The Morgan fingerprint density at radius 3 is 2.71 bits per heavy atom. The number of halogens is 1. The number of nitrogens with zero attached hydrogens (tertiary/aromatic N) is 1. The highest BCUT2D eigenvalue weighted by molar-refractivity contribution is 6.31. The molecule has 2 aromatic rings. The quantitative estimate of drug-likeness (QED) is 0.898. The molecule has 0 spiro atoms. The molecule has 90 valence electrons. The van der Waals surface area contributed by atoms with Crippen LogP contribution >= 0.6 is 11.6 Å². The summed E-state index contributed by atoms with van der Waals surface area (Å²) < 4.78 is 0. The Bertz CT molecular complexity index is 525. The number of hydrogen-bond donors (Lipinski definition) is 1. The fourth-order valence-corrected chi connectivity index (χ4v) is 2.23. The molecule has 0 saturated carbocycles. The molecule has 0 amide bonds. The van der Waals surface area contributed by atoms with E-state index < -0.39 is 0 Å². The van der Waals surface area contributed by atoms with Gasteiger partial charge < -0.3 is 5.32 Å². The Labute approximate surface area is 107 Å². The molecule has 0 aliphatic rings. The molecule has 2 atom stereocenters. The number of nitrogens with one attached hydrogen (secondary N) is 1. The lowest BCUT2D eigenvalue weighted by Gasteiger charge is -2.21. The summed E-state index contributed by atoms with van der Waals surface area (Å²) in [5.41, 5.74) is 2.28. The van der Waals surface area contributed by atoms with Crippen molar-refractivity contribution < 1.29 is 0 Å². The van der Waals surface area contributed by atoms with Gasteiger partial charge in [-0.15, -0.1) is 0 Å². The average molecular weight is 249 g/mol. The van der Waals surface area contributed by atoms with Crippen molar-refractivity contribution in [1.82, 2.24) is 10.3 Å². The maximum Gasteiger partial charge on any atom is 0.0719 e. The Balaban J connectivity index is 2.54. The molecule has 0 aliphatic heterocycles. The Kier molecular flexibility index (Phi) is 3.65. The average Bonchev–Trinajstić information content (AvgIpc) is 2.35. The highest BCUT2D eigenvalue weighted by Gasteiger charge is 2.15. The van der Waals surface area contributed by atoms with Crippen molar-refractivity contribution in [2.75, 3.05) is 7.05 Å². The van der Waals surface area contributed by atoms with E-state index in [0.717, 1.165) is 10.5 Å². The number of hydrogen-bond acceptors (Lipinski definition) is 2. The summed E-state index contributed by atoms with van der Waals surface area (Å²) in [7, 11) is 1.99. The first-order valence-corrected chi connectivity index (χ1v) is 6.22. The molecule has 2 unspecified atom stereocenters. The fraction of sp³-hybridized carbons (Fsp3) is 0.357. The number of aromatic nitrogens is 1. The van der Waals surface area contributed by atoms with E-state index >= 15 is 0 Å². The number of pyridine rings is 1. The molecule has 2 rings (SSSR count). The van der Waals surface area contributed by atoms with Gasteiger partial charge in [-0.25, -0.2) is 0 Å². The van der Waals surface area contributed by atoms with Crippen LogP contribution in [0.25, 0.3) is 10.9 Å². The number of fused-ring (bicyclic) bond motifs is 1. The van der Waals surface area contributed by atoms with Gasteiger partial charge in [0.2, 0.25) is 0 Å². The van der Waals surface area contributed by atoms with E-state index in [1.807, 2.05) is 25.4 Å². The molecule has 0 aliphatic carbocycles. The van der Waals surface area contributed by atoms with Gasteiger partial charge in [-0.05, 0) is 43.7 Å². The molecule has 1 aromatic heterocycles. The predicted molar refractivity (Wildman–Crippen MR) is 73.7 cm³/mol. The lowest BCUT2D eigenvalue weighted by molar-refractivity contribution is 0.526. The first-order valence-electron chi connectivity index (χ1n) is 5.85. The van der Waals surface area contributed by atoms with Crippen LogP contribution < -0.4 is 5.32 Å². The van der Waals surface area contributed by atoms with E-state index in [-0.39, 0.29) is 0 Å². The van der Waals surface area contributed by atoms with Crippen LogP contribution in [0.3, 0.4) is 0 Å². The van der Waals surface area contributed by atoms with E-state index in [0.29, 0.717) is 12.0 Å². The third-order valence-electron chi connectivity index (χ3n) is 3.43. The topological polar surface area (TPSA) is 24.9 Å². The van der Waals surface area contributed by atoms with Crippen molar-refractivity contribution >= 4 is 22.5 Å². The van der Waals surface area contributed by atoms with Crippen LogP contribution in [0.5, 0.6) is 0 Å². The summed E-state index contributed by atoms with van der Waals surface area (Å²) in [4.78, 5) is 4.37. The van der Waals surface area contributed by atoms with Crippen molar-refractivity contribution in [2.45, 2.75) is 25.8 Å². The van der Waals surface area contributed by atoms with Gasteiger partial charge in [-0.1, -0.05) is 24.6 Å². The van der Waals surface area contributed by atoms with Gasteiger partial charge in [0.15, 0.2) is 0 Å². The Hall–Kier alpha value is -1.12. The molecule has 2 nitrogen and oxygen atoms in total. The van der Waals surface area contributed by atoms with Crippen molar-refractivity contribution in [1.29, 1.82) is 0 Å². The second-order valence-corrected chi connectivity index (χ2v) is 4.86. The first-order chi connectivity index (χ1) is 8.13. The number of rotatable bonds is 3. The van der Waals surface area contributed by atoms with Crippen LogP contribution in [0.1, 0.15) is 25.3 Å². The maximum absolute atomic E-state index is 5.99. The fourth-order valence-electron chi connectivity index (χ4n) is 2.06. The van der Waals surface area contributed by atoms with Gasteiger partial charge >= 0.3 is 0 Å². The highest BCUT2D eigenvalue weighted by Crippen LogP contribution is 2.27. The summed E-state index contributed by atoms with van der Waals surface area (Å²) in [5, 5.41) is 5.21. The lowest BCUT2D eigenvalue weighted by Crippen LogP contribution is -2.27. The van der Waals surface area contributed by atoms with Crippen molar-refractivity contribution in [3.05, 3.63) is 41.0 Å². The largest absolute Gasteiger partial charge is 0.317 e. The van der Waals surface area contributed by atoms with Gasteiger partial charge in [-0.2, -0.15) is 0 Å². The molecule has 1 N–H and O–H groups in total. The Morgan fingerprint density at radius 1 is 1.24 bits per heavy atom. The lowest BCUT2D eigenvalue weighted by atomic mass is 9.92. The van der Waals surface area contributed by atoms with Crippen LogP contribution in [-0.4, -0.2) is 18.1 Å². The van der Waals surface area contributed by atoms with E-state index in [1.165, 1.54) is 10.9 Å². The zero-order chi connectivity index (χ0) is 12.4. The first kappa shape index (κ1) is 12.3. The Morgan fingerprint density at radius 2 is 2.00 bits per heavy atom. The number of benzene rings is 1. The smallest absolute Gasteiger partial charge is 0.0719 e. The zero-order valence-corrected chi connectivity index (χ0v) is 11.1. The van der Waals surface area contributed by atoms with E-state index in [4.69, 9.17) is 11.6 Å². The van der Waals surface area contributed by atoms with Crippen molar-refractivity contribution in [3.63, 3.8) is 0 Å². The molecule has 0 saturated heterocycles. The van der Waals surface area contributed by atoms with E-state index in [1.54, 1.807) is 0 Å². The van der Waals surface area contributed by atoms with Crippen molar-refractivity contribution in [3.8, 4) is 0 Å². The summed E-state index contributed by atoms with van der Waals surface area (Å²) in [6.45, 7) is 4.41. The SMILES string of the molecule is CNC(C)C(C)c1ccnc2cc(Cl)ccc12. The second kappa shape index (κ2) is 5.03. The molecule has 0 radical (unpaired) electrons. The molecule has 17 heavy (non-hydrogen) atoms. The van der Waals surface area contributed by atoms with Gasteiger partial charge in [0.05, 0.1) is 5.52 Å². The van der Waals surface area contributed by atoms with Crippen LogP contribution in [0.15, 0.2) is 30.5 Å². The zero-order valence-electron chi connectivity index (χ0n) is 10.4. The molecule has 0 bridgehead atoms. The van der Waals surface area contributed by atoms with Crippen molar-refractivity contribution in [2.24, 2.45) is 0 Å². The van der Waals surface area contributed by atoms with Crippen LogP contribution in [0.4, 0.5) is 0 Å². The van der Waals surface area contributed by atoms with Crippen LogP contribution in [0.2, 0.25) is 5.02 Å². The van der Waals surface area contributed by atoms with E-state index in [9.17, 15) is 0 Å². The van der Waals surface area contributed by atoms with Gasteiger partial charge in [-0.3, -0.25) is 4.98 Å². The number of likely N-dealkylation sites (N-methyl/N-ethyl adjacent to an activating group) is 1. The third-order valence-corrected chi connectivity index (χ3v) is 3.67.